The summed E-state index contributed by atoms with van der Waals surface area (Å²) in [6, 6.07) is 2.46. The first-order valence-corrected chi connectivity index (χ1v) is 7.32. The topological polar surface area (TPSA) is 68.2 Å². The number of aromatic nitrogens is 2. The van der Waals surface area contributed by atoms with E-state index >= 15 is 0 Å². The molecular formula is C14H25N5. The Labute approximate surface area is 115 Å². The summed E-state index contributed by atoms with van der Waals surface area (Å²) in [6.45, 7) is 2.10. The third-order valence-electron chi connectivity index (χ3n) is 3.81. The van der Waals surface area contributed by atoms with Gasteiger partial charge in [-0.15, -0.1) is 0 Å². The Hall–Kier alpha value is -1.36. The fourth-order valence-electron chi connectivity index (χ4n) is 2.67. The Morgan fingerprint density at radius 3 is 2.63 bits per heavy atom. The number of nitrogens with one attached hydrogen (secondary N) is 1. The van der Waals surface area contributed by atoms with Gasteiger partial charge in [0.05, 0.1) is 11.7 Å². The SMILES string of the molecule is CCc1cc(C(=NC2CCCCCC2)NN)n(C)n1. The molecule has 0 unspecified atom stereocenters. The van der Waals surface area contributed by atoms with E-state index in [1.807, 2.05) is 11.7 Å². The fraction of sp³-hybridized carbons (Fsp3) is 0.714. The summed E-state index contributed by atoms with van der Waals surface area (Å²) in [6.07, 6.45) is 8.49. The van der Waals surface area contributed by atoms with Crippen LogP contribution in [0.3, 0.4) is 0 Å². The molecule has 1 saturated carbocycles. The van der Waals surface area contributed by atoms with E-state index in [1.54, 1.807) is 0 Å². The van der Waals surface area contributed by atoms with Crippen LogP contribution in [0.15, 0.2) is 11.1 Å². The van der Waals surface area contributed by atoms with Crippen molar-refractivity contribution in [1.29, 1.82) is 0 Å². The number of hydrogen-bond donors (Lipinski definition) is 2. The molecule has 1 aromatic rings. The summed E-state index contributed by atoms with van der Waals surface area (Å²) in [4.78, 5) is 4.81. The second kappa shape index (κ2) is 6.70. The highest BCUT2D eigenvalue weighted by atomic mass is 15.3. The van der Waals surface area contributed by atoms with Crippen LogP contribution in [-0.2, 0) is 13.5 Å². The van der Waals surface area contributed by atoms with Gasteiger partial charge in [-0.3, -0.25) is 9.67 Å². The lowest BCUT2D eigenvalue weighted by atomic mass is 10.1. The molecule has 0 saturated heterocycles. The van der Waals surface area contributed by atoms with Crippen LogP contribution < -0.4 is 11.3 Å². The number of nitrogens with two attached hydrogens (primary N) is 1. The smallest absolute Gasteiger partial charge is 0.161 e. The quantitative estimate of drug-likeness (QED) is 0.288. The lowest BCUT2D eigenvalue weighted by molar-refractivity contribution is 0.582. The molecule has 106 valence electrons. The van der Waals surface area contributed by atoms with Crippen molar-refractivity contribution in [1.82, 2.24) is 15.2 Å². The van der Waals surface area contributed by atoms with E-state index in [-0.39, 0.29) is 0 Å². The molecule has 0 bridgehead atoms. The van der Waals surface area contributed by atoms with Gasteiger partial charge in [-0.05, 0) is 25.3 Å². The summed E-state index contributed by atoms with van der Waals surface area (Å²) >= 11 is 0. The van der Waals surface area contributed by atoms with Crippen LogP contribution in [0.25, 0.3) is 0 Å². The predicted molar refractivity (Wildman–Crippen MR) is 77.9 cm³/mol. The summed E-state index contributed by atoms with van der Waals surface area (Å²) in [7, 11) is 1.94. The highest BCUT2D eigenvalue weighted by Crippen LogP contribution is 2.20. The van der Waals surface area contributed by atoms with Crippen molar-refractivity contribution < 1.29 is 0 Å². The van der Waals surface area contributed by atoms with Gasteiger partial charge in [0.15, 0.2) is 5.84 Å². The van der Waals surface area contributed by atoms with Crippen molar-refractivity contribution in [2.75, 3.05) is 0 Å². The molecule has 19 heavy (non-hydrogen) atoms. The highest BCUT2D eigenvalue weighted by molar-refractivity contribution is 5.97. The number of rotatable bonds is 3. The summed E-state index contributed by atoms with van der Waals surface area (Å²) in [5.41, 5.74) is 4.80. The largest absolute Gasteiger partial charge is 0.307 e. The first kappa shape index (κ1) is 14.1. The van der Waals surface area contributed by atoms with Gasteiger partial charge in [-0.2, -0.15) is 5.10 Å². The van der Waals surface area contributed by atoms with Crippen LogP contribution in [0.5, 0.6) is 0 Å². The number of amidine groups is 1. The lowest BCUT2D eigenvalue weighted by Gasteiger charge is -2.12. The molecule has 5 nitrogen and oxygen atoms in total. The van der Waals surface area contributed by atoms with E-state index in [9.17, 15) is 0 Å². The average Bonchev–Trinajstić information content (AvgIpc) is 2.64. The number of hydrogen-bond acceptors (Lipinski definition) is 3. The van der Waals surface area contributed by atoms with Gasteiger partial charge in [-0.1, -0.05) is 32.6 Å². The van der Waals surface area contributed by atoms with E-state index in [0.29, 0.717) is 6.04 Å². The van der Waals surface area contributed by atoms with Gasteiger partial charge in [-0.25, -0.2) is 5.84 Å². The summed E-state index contributed by atoms with van der Waals surface area (Å²) < 4.78 is 1.86. The molecule has 0 amide bonds. The molecule has 1 heterocycles. The molecule has 0 radical (unpaired) electrons. The molecule has 1 aromatic heterocycles. The fourth-order valence-corrected chi connectivity index (χ4v) is 2.67. The Morgan fingerprint density at radius 2 is 2.11 bits per heavy atom. The Bertz CT molecular complexity index is 427. The molecule has 0 aromatic carbocycles. The van der Waals surface area contributed by atoms with E-state index in [0.717, 1.165) is 23.6 Å². The van der Waals surface area contributed by atoms with Crippen LogP contribution >= 0.6 is 0 Å². The number of nitrogens with zero attached hydrogens (tertiary/aromatic N) is 3. The third kappa shape index (κ3) is 3.56. The van der Waals surface area contributed by atoms with E-state index in [1.165, 1.54) is 38.5 Å². The van der Waals surface area contributed by atoms with Gasteiger partial charge in [0, 0.05) is 7.05 Å². The maximum absolute atomic E-state index is 5.66. The number of aryl methyl sites for hydroxylation is 2. The van der Waals surface area contributed by atoms with Gasteiger partial charge in [0.2, 0.25) is 0 Å². The van der Waals surface area contributed by atoms with Gasteiger partial charge in [0.25, 0.3) is 0 Å². The normalized spacial score (nSPS) is 18.4. The first-order chi connectivity index (χ1) is 9.24. The van der Waals surface area contributed by atoms with Crippen LogP contribution in [0.2, 0.25) is 0 Å². The number of aliphatic imine (C=N–C) groups is 1. The number of hydrazine groups is 1. The molecular weight excluding hydrogens is 238 g/mol. The molecule has 0 atom stereocenters. The van der Waals surface area contributed by atoms with Crippen molar-refractivity contribution >= 4 is 5.84 Å². The second-order valence-corrected chi connectivity index (χ2v) is 5.27. The van der Waals surface area contributed by atoms with E-state index < -0.39 is 0 Å². The average molecular weight is 263 g/mol. The molecule has 3 N–H and O–H groups in total. The maximum Gasteiger partial charge on any atom is 0.161 e. The predicted octanol–water partition coefficient (Wildman–Crippen LogP) is 1.92. The molecule has 0 aliphatic heterocycles. The van der Waals surface area contributed by atoms with Crippen LogP contribution in [-0.4, -0.2) is 21.7 Å². The summed E-state index contributed by atoms with van der Waals surface area (Å²) in [5, 5.41) is 4.45. The van der Waals surface area contributed by atoms with Gasteiger partial charge >= 0.3 is 0 Å². The van der Waals surface area contributed by atoms with Crippen molar-refractivity contribution in [2.45, 2.75) is 57.9 Å². The van der Waals surface area contributed by atoms with Crippen molar-refractivity contribution in [3.63, 3.8) is 0 Å². The minimum absolute atomic E-state index is 0.397. The van der Waals surface area contributed by atoms with Crippen molar-refractivity contribution in [3.8, 4) is 0 Å². The van der Waals surface area contributed by atoms with Gasteiger partial charge < -0.3 is 5.43 Å². The second-order valence-electron chi connectivity index (χ2n) is 5.27. The van der Waals surface area contributed by atoms with Gasteiger partial charge in [0.1, 0.15) is 5.69 Å². The van der Waals surface area contributed by atoms with Crippen molar-refractivity contribution in [2.24, 2.45) is 17.9 Å². The van der Waals surface area contributed by atoms with E-state index in [4.69, 9.17) is 10.8 Å². The minimum Gasteiger partial charge on any atom is -0.307 e. The van der Waals surface area contributed by atoms with Crippen molar-refractivity contribution in [3.05, 3.63) is 17.5 Å². The molecule has 5 heteroatoms. The van der Waals surface area contributed by atoms with Crippen LogP contribution in [0.1, 0.15) is 56.8 Å². The molecule has 1 fully saturated rings. The zero-order chi connectivity index (χ0) is 13.7. The lowest BCUT2D eigenvalue weighted by Crippen LogP contribution is -2.34. The highest BCUT2D eigenvalue weighted by Gasteiger charge is 2.15. The molecule has 1 aliphatic rings. The molecule has 2 rings (SSSR count). The summed E-state index contributed by atoms with van der Waals surface area (Å²) in [5.74, 6) is 6.42. The molecule has 0 spiro atoms. The standard InChI is InChI=1S/C14H25N5/c1-3-11-10-13(19(2)18-11)14(17-15)16-12-8-6-4-5-7-9-12/h10,12H,3-9,15H2,1-2H3,(H,16,17). The monoisotopic (exact) mass is 263 g/mol. The first-order valence-electron chi connectivity index (χ1n) is 7.32. The molecule has 1 aliphatic carbocycles. The Kier molecular flexibility index (Phi) is 4.96. The zero-order valence-corrected chi connectivity index (χ0v) is 12.0. The minimum atomic E-state index is 0.397. The Balaban J connectivity index is 2.19. The maximum atomic E-state index is 5.66. The van der Waals surface area contributed by atoms with Crippen LogP contribution in [0.4, 0.5) is 0 Å². The Morgan fingerprint density at radius 1 is 1.42 bits per heavy atom. The van der Waals surface area contributed by atoms with Crippen LogP contribution in [0, 0.1) is 0 Å². The zero-order valence-electron chi connectivity index (χ0n) is 12.0. The third-order valence-corrected chi connectivity index (χ3v) is 3.81. The van der Waals surface area contributed by atoms with E-state index in [2.05, 4.69) is 23.5 Å².